The zero-order valence-corrected chi connectivity index (χ0v) is 10.7. The molecular formula is C15H14FNS. The predicted octanol–water partition coefficient (Wildman–Crippen LogP) is 4.06. The molecule has 3 rings (SSSR count). The highest BCUT2D eigenvalue weighted by Gasteiger charge is 2.39. The number of benzene rings is 2. The molecule has 1 fully saturated rings. The van der Waals surface area contributed by atoms with Crippen LogP contribution < -0.4 is 5.73 Å². The van der Waals surface area contributed by atoms with Crippen molar-refractivity contribution in [2.24, 2.45) is 0 Å². The van der Waals surface area contributed by atoms with Crippen molar-refractivity contribution in [2.75, 3.05) is 5.73 Å². The zero-order chi connectivity index (χ0) is 12.5. The van der Waals surface area contributed by atoms with E-state index < -0.39 is 0 Å². The van der Waals surface area contributed by atoms with Gasteiger partial charge in [-0.1, -0.05) is 30.3 Å². The molecule has 2 atom stereocenters. The van der Waals surface area contributed by atoms with Crippen molar-refractivity contribution >= 4 is 17.4 Å². The Labute approximate surface area is 110 Å². The molecule has 0 radical (unpaired) electrons. The summed E-state index contributed by atoms with van der Waals surface area (Å²) in [5, 5.41) is 0.491. The Kier molecular flexibility index (Phi) is 3.00. The second kappa shape index (κ2) is 4.65. The molecule has 2 N–H and O–H groups in total. The van der Waals surface area contributed by atoms with E-state index in [1.54, 1.807) is 23.9 Å². The molecule has 0 heterocycles. The molecule has 3 heteroatoms. The normalized spacial score (nSPS) is 21.8. The van der Waals surface area contributed by atoms with Crippen molar-refractivity contribution in [1.82, 2.24) is 0 Å². The average molecular weight is 259 g/mol. The van der Waals surface area contributed by atoms with Gasteiger partial charge in [0, 0.05) is 15.8 Å². The summed E-state index contributed by atoms with van der Waals surface area (Å²) in [6.07, 6.45) is 1.12. The van der Waals surface area contributed by atoms with E-state index in [2.05, 4.69) is 24.3 Å². The summed E-state index contributed by atoms with van der Waals surface area (Å²) in [7, 11) is 0. The van der Waals surface area contributed by atoms with Crippen molar-refractivity contribution in [3.8, 4) is 0 Å². The number of rotatable bonds is 3. The van der Waals surface area contributed by atoms with Gasteiger partial charge in [-0.05, 0) is 36.1 Å². The lowest BCUT2D eigenvalue weighted by Crippen LogP contribution is -1.90. The molecule has 0 spiro atoms. The van der Waals surface area contributed by atoms with E-state index in [0.29, 0.717) is 21.8 Å². The molecule has 0 aliphatic heterocycles. The lowest BCUT2D eigenvalue weighted by Gasteiger charge is -2.04. The summed E-state index contributed by atoms with van der Waals surface area (Å²) in [5.74, 6) is 0.354. The number of nitrogen functional groups attached to an aromatic ring is 1. The van der Waals surface area contributed by atoms with Gasteiger partial charge in [-0.2, -0.15) is 0 Å². The fraction of sp³-hybridized carbons (Fsp3) is 0.200. The minimum Gasteiger partial charge on any atom is -0.399 e. The molecule has 2 aromatic rings. The first-order valence-corrected chi connectivity index (χ1v) is 6.88. The van der Waals surface area contributed by atoms with Crippen LogP contribution in [-0.2, 0) is 0 Å². The van der Waals surface area contributed by atoms with Crippen molar-refractivity contribution < 1.29 is 4.39 Å². The van der Waals surface area contributed by atoms with Gasteiger partial charge in [0.2, 0.25) is 0 Å². The van der Waals surface area contributed by atoms with Gasteiger partial charge in [0.25, 0.3) is 0 Å². The van der Waals surface area contributed by atoms with Crippen LogP contribution in [0.15, 0.2) is 53.4 Å². The number of halogens is 1. The van der Waals surface area contributed by atoms with Crippen LogP contribution in [0, 0.1) is 5.82 Å². The smallest absolute Gasteiger partial charge is 0.138 e. The summed E-state index contributed by atoms with van der Waals surface area (Å²) in [5.41, 5.74) is 7.37. The molecular weight excluding hydrogens is 245 g/mol. The van der Waals surface area contributed by atoms with E-state index in [-0.39, 0.29) is 5.82 Å². The quantitative estimate of drug-likeness (QED) is 0.841. The van der Waals surface area contributed by atoms with Gasteiger partial charge in [0.15, 0.2) is 0 Å². The molecule has 1 aliphatic rings. The van der Waals surface area contributed by atoms with Crippen LogP contribution >= 0.6 is 11.8 Å². The van der Waals surface area contributed by atoms with Gasteiger partial charge in [0.05, 0.1) is 0 Å². The van der Waals surface area contributed by atoms with Crippen LogP contribution in [0.1, 0.15) is 17.9 Å². The first kappa shape index (κ1) is 11.6. The highest BCUT2D eigenvalue weighted by atomic mass is 32.2. The van der Waals surface area contributed by atoms with Crippen molar-refractivity contribution in [2.45, 2.75) is 22.5 Å². The molecule has 18 heavy (non-hydrogen) atoms. The Morgan fingerprint density at radius 3 is 2.61 bits per heavy atom. The van der Waals surface area contributed by atoms with E-state index in [1.807, 2.05) is 6.07 Å². The maximum absolute atomic E-state index is 13.7. The highest BCUT2D eigenvalue weighted by molar-refractivity contribution is 8.00. The molecule has 92 valence electrons. The number of anilines is 1. The molecule has 1 aliphatic carbocycles. The lowest BCUT2D eigenvalue weighted by molar-refractivity contribution is 0.602. The molecule has 1 saturated carbocycles. The Balaban J connectivity index is 1.69. The van der Waals surface area contributed by atoms with E-state index in [1.165, 1.54) is 11.6 Å². The minimum absolute atomic E-state index is 0.210. The first-order valence-electron chi connectivity index (χ1n) is 6.00. The summed E-state index contributed by atoms with van der Waals surface area (Å²) >= 11 is 1.62. The van der Waals surface area contributed by atoms with E-state index in [4.69, 9.17) is 5.73 Å². The number of nitrogens with two attached hydrogens (primary N) is 1. The van der Waals surface area contributed by atoms with Gasteiger partial charge in [0.1, 0.15) is 5.82 Å². The topological polar surface area (TPSA) is 26.0 Å². The van der Waals surface area contributed by atoms with Gasteiger partial charge < -0.3 is 5.73 Å². The lowest BCUT2D eigenvalue weighted by atomic mass is 10.1. The van der Waals surface area contributed by atoms with Gasteiger partial charge >= 0.3 is 0 Å². The van der Waals surface area contributed by atoms with Crippen LogP contribution in [0.2, 0.25) is 0 Å². The predicted molar refractivity (Wildman–Crippen MR) is 74.3 cm³/mol. The Morgan fingerprint density at radius 1 is 1.11 bits per heavy atom. The van der Waals surface area contributed by atoms with Crippen LogP contribution in [0.3, 0.4) is 0 Å². The Bertz CT molecular complexity index is 556. The number of thioether (sulfide) groups is 1. The monoisotopic (exact) mass is 259 g/mol. The summed E-state index contributed by atoms with van der Waals surface area (Å²) in [6.45, 7) is 0. The largest absolute Gasteiger partial charge is 0.399 e. The molecule has 2 unspecified atom stereocenters. The van der Waals surface area contributed by atoms with Crippen molar-refractivity contribution in [3.63, 3.8) is 0 Å². The first-order chi connectivity index (χ1) is 8.74. The third-order valence-corrected chi connectivity index (χ3v) is 4.60. The van der Waals surface area contributed by atoms with Crippen LogP contribution in [0.5, 0.6) is 0 Å². The van der Waals surface area contributed by atoms with Crippen molar-refractivity contribution in [1.29, 1.82) is 0 Å². The molecule has 0 saturated heterocycles. The van der Waals surface area contributed by atoms with Gasteiger partial charge in [-0.15, -0.1) is 11.8 Å². The number of hydrogen-bond acceptors (Lipinski definition) is 2. The van der Waals surface area contributed by atoms with Crippen LogP contribution in [0.4, 0.5) is 10.1 Å². The zero-order valence-electron chi connectivity index (χ0n) is 9.84. The second-order valence-electron chi connectivity index (χ2n) is 4.60. The molecule has 0 amide bonds. The average Bonchev–Trinajstić information content (AvgIpc) is 3.13. The summed E-state index contributed by atoms with van der Waals surface area (Å²) < 4.78 is 13.7. The maximum atomic E-state index is 13.7. The third kappa shape index (κ3) is 2.36. The fourth-order valence-electron chi connectivity index (χ4n) is 2.13. The summed E-state index contributed by atoms with van der Waals surface area (Å²) in [6, 6.07) is 15.3. The van der Waals surface area contributed by atoms with E-state index in [0.717, 1.165) is 6.42 Å². The molecule has 0 aromatic heterocycles. The minimum atomic E-state index is -0.210. The Hall–Kier alpha value is -1.48. The standard InChI is InChI=1S/C15H14FNS/c16-13-8-11(17)6-7-14(13)18-15-9-12(15)10-4-2-1-3-5-10/h1-8,12,15H,9,17H2. The molecule has 2 aromatic carbocycles. The van der Waals surface area contributed by atoms with Gasteiger partial charge in [-0.3, -0.25) is 0 Å². The fourth-order valence-corrected chi connectivity index (χ4v) is 3.40. The maximum Gasteiger partial charge on any atom is 0.138 e. The summed E-state index contributed by atoms with van der Waals surface area (Å²) in [4.78, 5) is 0.702. The molecule has 1 nitrogen and oxygen atoms in total. The van der Waals surface area contributed by atoms with E-state index in [9.17, 15) is 4.39 Å². The van der Waals surface area contributed by atoms with E-state index >= 15 is 0 Å². The second-order valence-corrected chi connectivity index (χ2v) is 5.88. The highest BCUT2D eigenvalue weighted by Crippen LogP contribution is 2.52. The van der Waals surface area contributed by atoms with Crippen LogP contribution in [0.25, 0.3) is 0 Å². The molecule has 0 bridgehead atoms. The van der Waals surface area contributed by atoms with Crippen LogP contribution in [-0.4, -0.2) is 5.25 Å². The van der Waals surface area contributed by atoms with Crippen molar-refractivity contribution in [3.05, 3.63) is 59.9 Å². The van der Waals surface area contributed by atoms with Gasteiger partial charge in [-0.25, -0.2) is 4.39 Å². The Morgan fingerprint density at radius 2 is 1.89 bits per heavy atom. The number of hydrogen-bond donors (Lipinski definition) is 1. The third-order valence-electron chi connectivity index (χ3n) is 3.19. The SMILES string of the molecule is Nc1ccc(SC2CC2c2ccccc2)c(F)c1.